The van der Waals surface area contributed by atoms with Crippen molar-refractivity contribution in [3.63, 3.8) is 0 Å². The minimum Gasteiger partial charge on any atom is -0.497 e. The van der Waals surface area contributed by atoms with Gasteiger partial charge < -0.3 is 20.1 Å². The van der Waals surface area contributed by atoms with Crippen LogP contribution < -0.4 is 20.1 Å². The van der Waals surface area contributed by atoms with Crippen LogP contribution in [-0.4, -0.2) is 25.8 Å². The first-order valence-corrected chi connectivity index (χ1v) is 7.62. The summed E-state index contributed by atoms with van der Waals surface area (Å²) < 4.78 is 10.9. The minimum absolute atomic E-state index is 0.0506. The van der Waals surface area contributed by atoms with Crippen LogP contribution in [0, 0.1) is 0 Å². The van der Waals surface area contributed by atoms with Gasteiger partial charge in [-0.05, 0) is 35.7 Å². The normalized spacial score (nSPS) is 16.0. The van der Waals surface area contributed by atoms with Crippen molar-refractivity contribution in [2.24, 2.45) is 0 Å². The van der Waals surface area contributed by atoms with E-state index in [4.69, 9.17) is 9.47 Å². The second-order valence-electron chi connectivity index (χ2n) is 5.50. The zero-order valence-electron chi connectivity index (χ0n) is 13.0. The van der Waals surface area contributed by atoms with Crippen molar-refractivity contribution in [3.05, 3.63) is 59.7 Å². The average molecular weight is 312 g/mol. The van der Waals surface area contributed by atoms with E-state index in [0.29, 0.717) is 13.2 Å². The Bertz CT molecular complexity index is 673. The summed E-state index contributed by atoms with van der Waals surface area (Å²) >= 11 is 0. The van der Waals surface area contributed by atoms with Crippen molar-refractivity contribution in [1.82, 2.24) is 10.6 Å². The number of hydrogen-bond donors (Lipinski definition) is 2. The highest BCUT2D eigenvalue weighted by Crippen LogP contribution is 2.28. The highest BCUT2D eigenvalue weighted by atomic mass is 16.5. The Kier molecular flexibility index (Phi) is 4.66. The maximum Gasteiger partial charge on any atom is 0.315 e. The number of benzene rings is 2. The zero-order chi connectivity index (χ0) is 16.1. The molecule has 0 aliphatic carbocycles. The van der Waals surface area contributed by atoms with Gasteiger partial charge in [0.1, 0.15) is 18.1 Å². The highest BCUT2D eigenvalue weighted by molar-refractivity contribution is 5.74. The van der Waals surface area contributed by atoms with E-state index in [1.165, 1.54) is 0 Å². The number of fused-ring (bicyclic) bond motifs is 1. The lowest BCUT2D eigenvalue weighted by atomic mass is 10.0. The largest absolute Gasteiger partial charge is 0.497 e. The fraction of sp³-hybridized carbons (Fsp3) is 0.278. The second kappa shape index (κ2) is 7.05. The van der Waals surface area contributed by atoms with Crippen LogP contribution in [0.5, 0.6) is 11.5 Å². The predicted molar refractivity (Wildman–Crippen MR) is 87.8 cm³/mol. The van der Waals surface area contributed by atoms with E-state index in [9.17, 15) is 4.79 Å². The van der Waals surface area contributed by atoms with Crippen LogP contribution in [0.1, 0.15) is 11.1 Å². The van der Waals surface area contributed by atoms with E-state index in [0.717, 1.165) is 29.0 Å². The Hall–Kier alpha value is -2.69. The molecule has 2 N–H and O–H groups in total. The number of ether oxygens (including phenoxy) is 2. The maximum atomic E-state index is 12.0. The van der Waals surface area contributed by atoms with E-state index < -0.39 is 0 Å². The SMILES string of the molecule is COc1ccc2c(c1)C[C@H](NC(=O)NCc1ccccc1)CO2. The summed E-state index contributed by atoms with van der Waals surface area (Å²) in [7, 11) is 1.64. The highest BCUT2D eigenvalue weighted by Gasteiger charge is 2.21. The number of hydrogen-bond acceptors (Lipinski definition) is 3. The fourth-order valence-electron chi connectivity index (χ4n) is 2.61. The Morgan fingerprint density at radius 3 is 2.87 bits per heavy atom. The smallest absolute Gasteiger partial charge is 0.315 e. The standard InChI is InChI=1S/C18H20N2O3/c1-22-16-7-8-17-14(10-16)9-15(12-23-17)20-18(21)19-11-13-5-3-2-4-6-13/h2-8,10,15H,9,11-12H2,1H3,(H2,19,20,21)/t15-/m0/s1. The Morgan fingerprint density at radius 2 is 2.09 bits per heavy atom. The Balaban J connectivity index is 1.53. The molecule has 0 unspecified atom stereocenters. The van der Waals surface area contributed by atoms with Gasteiger partial charge in [0, 0.05) is 6.54 Å². The number of urea groups is 1. The van der Waals surface area contributed by atoms with Gasteiger partial charge in [0.25, 0.3) is 0 Å². The van der Waals surface area contributed by atoms with Gasteiger partial charge in [-0.15, -0.1) is 0 Å². The lowest BCUT2D eigenvalue weighted by molar-refractivity contribution is 0.214. The van der Waals surface area contributed by atoms with Gasteiger partial charge in [-0.25, -0.2) is 4.79 Å². The molecule has 2 aromatic carbocycles. The summed E-state index contributed by atoms with van der Waals surface area (Å²) in [6, 6.07) is 15.3. The third kappa shape index (κ3) is 3.94. The van der Waals surface area contributed by atoms with Crippen LogP contribution in [0.4, 0.5) is 4.79 Å². The molecule has 23 heavy (non-hydrogen) atoms. The molecule has 1 aliphatic heterocycles. The van der Waals surface area contributed by atoms with Crippen LogP contribution in [0.3, 0.4) is 0 Å². The van der Waals surface area contributed by atoms with Crippen molar-refractivity contribution < 1.29 is 14.3 Å². The van der Waals surface area contributed by atoms with Crippen LogP contribution in [-0.2, 0) is 13.0 Å². The fourth-order valence-corrected chi connectivity index (χ4v) is 2.61. The predicted octanol–water partition coefficient (Wildman–Crippen LogP) is 2.50. The molecule has 3 rings (SSSR count). The second-order valence-corrected chi connectivity index (χ2v) is 5.50. The molecule has 1 aliphatic rings. The molecule has 120 valence electrons. The third-order valence-corrected chi connectivity index (χ3v) is 3.81. The van der Waals surface area contributed by atoms with Gasteiger partial charge in [0.05, 0.1) is 13.2 Å². The summed E-state index contributed by atoms with van der Waals surface area (Å²) in [5, 5.41) is 5.81. The lowest BCUT2D eigenvalue weighted by Gasteiger charge is -2.26. The first-order valence-electron chi connectivity index (χ1n) is 7.62. The lowest BCUT2D eigenvalue weighted by Crippen LogP contribution is -2.47. The molecular formula is C18H20N2O3. The van der Waals surface area contributed by atoms with Crippen molar-refractivity contribution in [2.45, 2.75) is 19.0 Å². The summed E-state index contributed by atoms with van der Waals surface area (Å²) in [4.78, 5) is 12.0. The number of carbonyl (C=O) groups excluding carboxylic acids is 1. The van der Waals surface area contributed by atoms with Crippen LogP contribution in [0.2, 0.25) is 0 Å². The molecule has 0 saturated heterocycles. The third-order valence-electron chi connectivity index (χ3n) is 3.81. The quantitative estimate of drug-likeness (QED) is 0.912. The molecule has 0 spiro atoms. The van der Waals surface area contributed by atoms with Crippen LogP contribution in [0.25, 0.3) is 0 Å². The topological polar surface area (TPSA) is 59.6 Å². The van der Waals surface area contributed by atoms with E-state index >= 15 is 0 Å². The van der Waals surface area contributed by atoms with Crippen molar-refractivity contribution >= 4 is 6.03 Å². The molecule has 1 atom stereocenters. The van der Waals surface area contributed by atoms with Crippen molar-refractivity contribution in [1.29, 1.82) is 0 Å². The first-order chi connectivity index (χ1) is 11.2. The molecule has 0 saturated carbocycles. The van der Waals surface area contributed by atoms with Gasteiger partial charge in [-0.1, -0.05) is 30.3 Å². The zero-order valence-corrected chi connectivity index (χ0v) is 13.0. The monoisotopic (exact) mass is 312 g/mol. The molecule has 0 radical (unpaired) electrons. The molecule has 5 heteroatoms. The van der Waals surface area contributed by atoms with E-state index in [1.54, 1.807) is 7.11 Å². The molecular weight excluding hydrogens is 292 g/mol. The summed E-state index contributed by atoms with van der Waals surface area (Å²) in [5.74, 6) is 1.65. The van der Waals surface area contributed by atoms with Gasteiger partial charge in [-0.2, -0.15) is 0 Å². The average Bonchev–Trinajstić information content (AvgIpc) is 2.60. The Morgan fingerprint density at radius 1 is 1.26 bits per heavy atom. The molecule has 0 fully saturated rings. The van der Waals surface area contributed by atoms with Gasteiger partial charge in [-0.3, -0.25) is 0 Å². The minimum atomic E-state index is -0.186. The van der Waals surface area contributed by atoms with Crippen LogP contribution >= 0.6 is 0 Å². The first kappa shape index (κ1) is 15.2. The van der Waals surface area contributed by atoms with Gasteiger partial charge >= 0.3 is 6.03 Å². The molecule has 1 heterocycles. The Labute approximate surface area is 135 Å². The number of rotatable bonds is 4. The molecule has 2 aromatic rings. The molecule has 5 nitrogen and oxygen atoms in total. The maximum absolute atomic E-state index is 12.0. The number of nitrogens with one attached hydrogen (secondary N) is 2. The summed E-state index contributed by atoms with van der Waals surface area (Å²) in [6.07, 6.45) is 0.727. The van der Waals surface area contributed by atoms with E-state index in [1.807, 2.05) is 48.5 Å². The van der Waals surface area contributed by atoms with Crippen LogP contribution in [0.15, 0.2) is 48.5 Å². The molecule has 0 bridgehead atoms. The van der Waals surface area contributed by atoms with Crippen molar-refractivity contribution in [3.8, 4) is 11.5 Å². The van der Waals surface area contributed by atoms with Gasteiger partial charge in [0.15, 0.2) is 0 Å². The summed E-state index contributed by atoms with van der Waals surface area (Å²) in [5.41, 5.74) is 2.11. The van der Waals surface area contributed by atoms with Crippen molar-refractivity contribution in [2.75, 3.05) is 13.7 Å². The van der Waals surface area contributed by atoms with E-state index in [2.05, 4.69) is 10.6 Å². The number of amides is 2. The molecule has 2 amide bonds. The van der Waals surface area contributed by atoms with Gasteiger partial charge in [0.2, 0.25) is 0 Å². The summed E-state index contributed by atoms with van der Waals surface area (Å²) in [6.45, 7) is 0.975. The number of methoxy groups -OCH3 is 1. The molecule has 0 aromatic heterocycles. The van der Waals surface area contributed by atoms with E-state index in [-0.39, 0.29) is 12.1 Å². The number of carbonyl (C=O) groups is 1.